The summed E-state index contributed by atoms with van der Waals surface area (Å²) >= 11 is 0. The highest BCUT2D eigenvalue weighted by atomic mass is 16.2. The molecule has 3 fully saturated rings. The van der Waals surface area contributed by atoms with Crippen molar-refractivity contribution < 1.29 is 9.59 Å². The van der Waals surface area contributed by atoms with Crippen molar-refractivity contribution in [1.29, 1.82) is 0 Å². The lowest BCUT2D eigenvalue weighted by atomic mass is 9.79. The van der Waals surface area contributed by atoms with Crippen LogP contribution in [-0.4, -0.2) is 36.3 Å². The van der Waals surface area contributed by atoms with Crippen LogP contribution in [0, 0.1) is 11.3 Å². The zero-order valence-corrected chi connectivity index (χ0v) is 13.0. The Hall–Kier alpha value is -0.900. The van der Waals surface area contributed by atoms with Crippen molar-refractivity contribution in [1.82, 2.24) is 10.2 Å². The van der Waals surface area contributed by atoms with Gasteiger partial charge in [-0.25, -0.2) is 0 Å². The molecule has 1 spiro atoms. The minimum absolute atomic E-state index is 0.0934. The average molecular weight is 292 g/mol. The first-order valence-corrected chi connectivity index (χ1v) is 8.77. The maximum atomic E-state index is 12.8. The zero-order valence-electron chi connectivity index (χ0n) is 13.0. The molecule has 3 rings (SSSR count). The first-order valence-electron chi connectivity index (χ1n) is 8.77. The third-order valence-corrected chi connectivity index (χ3v) is 5.77. The van der Waals surface area contributed by atoms with Crippen LogP contribution in [0.25, 0.3) is 0 Å². The molecule has 3 aliphatic rings. The summed E-state index contributed by atoms with van der Waals surface area (Å²) in [5.74, 6) is 0.928. The molecular weight excluding hydrogens is 264 g/mol. The third-order valence-electron chi connectivity index (χ3n) is 5.77. The Morgan fingerprint density at radius 3 is 2.38 bits per heavy atom. The van der Waals surface area contributed by atoms with E-state index in [1.54, 1.807) is 4.90 Å². The molecule has 0 bridgehead atoms. The summed E-state index contributed by atoms with van der Waals surface area (Å²) in [6, 6.07) is 0. The highest BCUT2D eigenvalue weighted by molar-refractivity contribution is 6.05. The molecule has 2 amide bonds. The lowest BCUT2D eigenvalue weighted by molar-refractivity contribution is -0.142. The molecule has 0 aromatic carbocycles. The first kappa shape index (κ1) is 15.0. The first-order chi connectivity index (χ1) is 10.2. The minimum Gasteiger partial charge on any atom is -0.317 e. The SMILES string of the molecule is O=C1CC2(CCCCCC2)C(=O)N1CCC1CCNCC1. The van der Waals surface area contributed by atoms with E-state index in [2.05, 4.69) is 5.32 Å². The van der Waals surface area contributed by atoms with Gasteiger partial charge in [-0.15, -0.1) is 0 Å². The van der Waals surface area contributed by atoms with Crippen molar-refractivity contribution in [2.45, 2.75) is 64.2 Å². The predicted molar refractivity (Wildman–Crippen MR) is 81.7 cm³/mol. The van der Waals surface area contributed by atoms with E-state index in [1.807, 2.05) is 0 Å². The number of imide groups is 1. The van der Waals surface area contributed by atoms with Gasteiger partial charge >= 0.3 is 0 Å². The fourth-order valence-corrected chi connectivity index (χ4v) is 4.36. The van der Waals surface area contributed by atoms with Crippen LogP contribution in [-0.2, 0) is 9.59 Å². The van der Waals surface area contributed by atoms with Crippen LogP contribution in [0.5, 0.6) is 0 Å². The second-order valence-electron chi connectivity index (χ2n) is 7.20. The summed E-state index contributed by atoms with van der Waals surface area (Å²) in [6.07, 6.45) is 10.4. The summed E-state index contributed by atoms with van der Waals surface area (Å²) in [6.45, 7) is 2.82. The zero-order chi connectivity index (χ0) is 14.7. The average Bonchev–Trinajstić information content (AvgIpc) is 2.67. The quantitative estimate of drug-likeness (QED) is 0.813. The van der Waals surface area contributed by atoms with Gasteiger partial charge in [0.25, 0.3) is 0 Å². The van der Waals surface area contributed by atoms with Gasteiger partial charge in [0.1, 0.15) is 0 Å². The van der Waals surface area contributed by atoms with Crippen molar-refractivity contribution in [3.63, 3.8) is 0 Å². The van der Waals surface area contributed by atoms with Gasteiger partial charge in [0.15, 0.2) is 0 Å². The van der Waals surface area contributed by atoms with Crippen molar-refractivity contribution in [3.8, 4) is 0 Å². The van der Waals surface area contributed by atoms with E-state index in [0.29, 0.717) is 18.9 Å². The van der Waals surface area contributed by atoms with Gasteiger partial charge in [0, 0.05) is 13.0 Å². The van der Waals surface area contributed by atoms with E-state index in [9.17, 15) is 9.59 Å². The molecule has 2 heterocycles. The van der Waals surface area contributed by atoms with E-state index < -0.39 is 0 Å². The van der Waals surface area contributed by atoms with Crippen LogP contribution in [0.15, 0.2) is 0 Å². The van der Waals surface area contributed by atoms with Gasteiger partial charge < -0.3 is 5.32 Å². The Kier molecular flexibility index (Phi) is 4.63. The van der Waals surface area contributed by atoms with Crippen LogP contribution in [0.4, 0.5) is 0 Å². The number of rotatable bonds is 3. The van der Waals surface area contributed by atoms with Crippen molar-refractivity contribution in [3.05, 3.63) is 0 Å². The van der Waals surface area contributed by atoms with E-state index in [-0.39, 0.29) is 17.2 Å². The number of carbonyl (C=O) groups excluding carboxylic acids is 2. The lowest BCUT2D eigenvalue weighted by Gasteiger charge is -2.27. The van der Waals surface area contributed by atoms with Gasteiger partial charge in [0.2, 0.25) is 11.8 Å². The van der Waals surface area contributed by atoms with E-state index >= 15 is 0 Å². The molecule has 1 saturated carbocycles. The van der Waals surface area contributed by atoms with Crippen molar-refractivity contribution >= 4 is 11.8 Å². The molecule has 2 saturated heterocycles. The molecule has 0 unspecified atom stereocenters. The summed E-state index contributed by atoms with van der Waals surface area (Å²) in [7, 11) is 0. The molecule has 0 atom stereocenters. The Bertz CT molecular complexity index is 394. The Morgan fingerprint density at radius 2 is 1.71 bits per heavy atom. The second kappa shape index (κ2) is 6.47. The molecule has 1 aliphatic carbocycles. The maximum Gasteiger partial charge on any atom is 0.235 e. The van der Waals surface area contributed by atoms with Crippen LogP contribution < -0.4 is 5.32 Å². The van der Waals surface area contributed by atoms with Gasteiger partial charge in [-0.1, -0.05) is 25.7 Å². The van der Waals surface area contributed by atoms with Crippen LogP contribution in [0.3, 0.4) is 0 Å². The maximum absolute atomic E-state index is 12.8. The fraction of sp³-hybridized carbons (Fsp3) is 0.882. The predicted octanol–water partition coefficient (Wildman–Crippen LogP) is 2.48. The highest BCUT2D eigenvalue weighted by Gasteiger charge is 2.50. The largest absolute Gasteiger partial charge is 0.317 e. The lowest BCUT2D eigenvalue weighted by Crippen LogP contribution is -2.37. The smallest absolute Gasteiger partial charge is 0.235 e. The van der Waals surface area contributed by atoms with Gasteiger partial charge in [-0.2, -0.15) is 0 Å². The standard InChI is InChI=1S/C17H28N2O2/c20-15-13-17(8-3-1-2-4-9-17)16(21)19(15)12-7-14-5-10-18-11-6-14/h14,18H,1-13H2. The molecular formula is C17H28N2O2. The minimum atomic E-state index is -0.318. The second-order valence-corrected chi connectivity index (χ2v) is 7.20. The van der Waals surface area contributed by atoms with Gasteiger partial charge in [-0.3, -0.25) is 14.5 Å². The Morgan fingerprint density at radius 1 is 1.05 bits per heavy atom. The van der Waals surface area contributed by atoms with E-state index in [1.165, 1.54) is 25.7 Å². The number of nitrogens with zero attached hydrogens (tertiary/aromatic N) is 1. The normalized spacial score (nSPS) is 27.3. The van der Waals surface area contributed by atoms with Crippen LogP contribution >= 0.6 is 0 Å². The van der Waals surface area contributed by atoms with Crippen molar-refractivity contribution in [2.75, 3.05) is 19.6 Å². The molecule has 0 radical (unpaired) electrons. The molecule has 4 heteroatoms. The third kappa shape index (κ3) is 3.15. The molecule has 21 heavy (non-hydrogen) atoms. The van der Waals surface area contributed by atoms with Crippen molar-refractivity contribution in [2.24, 2.45) is 11.3 Å². The topological polar surface area (TPSA) is 49.4 Å². The van der Waals surface area contributed by atoms with E-state index in [4.69, 9.17) is 0 Å². The molecule has 4 nitrogen and oxygen atoms in total. The number of likely N-dealkylation sites (tertiary alicyclic amines) is 1. The summed E-state index contributed by atoms with van der Waals surface area (Å²) in [5, 5.41) is 3.37. The monoisotopic (exact) mass is 292 g/mol. The fourth-order valence-electron chi connectivity index (χ4n) is 4.36. The molecule has 0 aromatic rings. The molecule has 2 aliphatic heterocycles. The number of carbonyl (C=O) groups is 2. The van der Waals surface area contributed by atoms with Crippen LogP contribution in [0.1, 0.15) is 64.2 Å². The summed E-state index contributed by atoms with van der Waals surface area (Å²) in [5.41, 5.74) is -0.318. The summed E-state index contributed by atoms with van der Waals surface area (Å²) in [4.78, 5) is 26.8. The van der Waals surface area contributed by atoms with Crippen LogP contribution in [0.2, 0.25) is 0 Å². The number of hydrogen-bond acceptors (Lipinski definition) is 3. The summed E-state index contributed by atoms with van der Waals surface area (Å²) < 4.78 is 0. The Labute approximate surface area is 127 Å². The molecule has 0 aromatic heterocycles. The number of nitrogens with one attached hydrogen (secondary N) is 1. The van der Waals surface area contributed by atoms with E-state index in [0.717, 1.165) is 45.2 Å². The van der Waals surface area contributed by atoms with Gasteiger partial charge in [0.05, 0.1) is 5.41 Å². The molecule has 1 N–H and O–H groups in total. The molecule has 118 valence electrons. The number of piperidine rings is 1. The van der Waals surface area contributed by atoms with Gasteiger partial charge in [-0.05, 0) is 51.1 Å². The number of hydrogen-bond donors (Lipinski definition) is 1. The highest BCUT2D eigenvalue weighted by Crippen LogP contribution is 2.44. The Balaban J connectivity index is 1.60. The number of amides is 2.